The van der Waals surface area contributed by atoms with Gasteiger partial charge in [-0.3, -0.25) is 9.59 Å². The quantitative estimate of drug-likeness (QED) is 0.826. The van der Waals surface area contributed by atoms with Crippen LogP contribution in [0.3, 0.4) is 0 Å². The molecule has 0 bridgehead atoms. The van der Waals surface area contributed by atoms with E-state index in [-0.39, 0.29) is 18.4 Å². The van der Waals surface area contributed by atoms with Gasteiger partial charge in [0, 0.05) is 12.5 Å². The number of carboxylic acid groups (broad SMARTS) is 1. The predicted molar refractivity (Wildman–Crippen MR) is 73.9 cm³/mol. The van der Waals surface area contributed by atoms with Gasteiger partial charge in [-0.05, 0) is 12.0 Å². The van der Waals surface area contributed by atoms with Crippen molar-refractivity contribution in [3.63, 3.8) is 0 Å². The molecule has 1 amide bonds. The molecule has 2 N–H and O–H groups in total. The maximum absolute atomic E-state index is 11.7. The van der Waals surface area contributed by atoms with E-state index in [0.29, 0.717) is 12.0 Å². The van der Waals surface area contributed by atoms with Gasteiger partial charge in [-0.15, -0.1) is 0 Å². The summed E-state index contributed by atoms with van der Waals surface area (Å²) in [4.78, 5) is 23.3. The number of hydrogen-bond acceptors (Lipinski definition) is 2. The van der Waals surface area contributed by atoms with Crippen LogP contribution in [0.4, 0.5) is 0 Å². The molecule has 0 aromatic heterocycles. The van der Waals surface area contributed by atoms with E-state index in [1.807, 2.05) is 25.1 Å². The zero-order chi connectivity index (χ0) is 14.5. The molecule has 0 saturated heterocycles. The standard InChI is InChI=1S/C15H21NO3/c1-4-15(14(18)19,10-16-13(17)11(2)3)12-8-6-5-7-9-12/h5-9,11H,4,10H2,1-3H3,(H,16,17)(H,18,19). The average Bonchev–Trinajstić information content (AvgIpc) is 2.40. The number of benzene rings is 1. The average molecular weight is 263 g/mol. The number of carboxylic acids is 1. The molecule has 4 heteroatoms. The molecule has 1 aromatic carbocycles. The van der Waals surface area contributed by atoms with Crippen molar-refractivity contribution in [3.8, 4) is 0 Å². The van der Waals surface area contributed by atoms with Gasteiger partial charge in [0.05, 0.1) is 0 Å². The second-order valence-corrected chi connectivity index (χ2v) is 4.98. The number of amides is 1. The SMILES string of the molecule is CCC(CNC(=O)C(C)C)(C(=O)O)c1ccccc1. The Kier molecular flexibility index (Phi) is 5.10. The van der Waals surface area contributed by atoms with Crippen molar-refractivity contribution in [2.45, 2.75) is 32.6 Å². The maximum Gasteiger partial charge on any atom is 0.315 e. The summed E-state index contributed by atoms with van der Waals surface area (Å²) in [5.41, 5.74) is -0.347. The predicted octanol–water partition coefficient (Wildman–Crippen LogP) is 2.19. The third-order valence-electron chi connectivity index (χ3n) is 3.43. The van der Waals surface area contributed by atoms with Gasteiger partial charge >= 0.3 is 5.97 Å². The molecular weight excluding hydrogens is 242 g/mol. The van der Waals surface area contributed by atoms with Gasteiger partial charge in [-0.25, -0.2) is 0 Å². The van der Waals surface area contributed by atoms with E-state index in [4.69, 9.17) is 0 Å². The normalized spacial score (nSPS) is 13.9. The molecule has 1 unspecified atom stereocenters. The summed E-state index contributed by atoms with van der Waals surface area (Å²) in [7, 11) is 0. The van der Waals surface area contributed by atoms with Gasteiger partial charge in [0.25, 0.3) is 0 Å². The van der Waals surface area contributed by atoms with E-state index in [2.05, 4.69) is 5.32 Å². The van der Waals surface area contributed by atoms with Crippen LogP contribution in [-0.4, -0.2) is 23.5 Å². The summed E-state index contributed by atoms with van der Waals surface area (Å²) >= 11 is 0. The van der Waals surface area contributed by atoms with E-state index in [0.717, 1.165) is 0 Å². The molecule has 104 valence electrons. The molecule has 1 aromatic rings. The molecule has 0 aliphatic rings. The van der Waals surface area contributed by atoms with Gasteiger partial charge in [-0.2, -0.15) is 0 Å². The van der Waals surface area contributed by atoms with E-state index >= 15 is 0 Å². The number of aliphatic carboxylic acids is 1. The van der Waals surface area contributed by atoms with Crippen molar-refractivity contribution in [2.75, 3.05) is 6.54 Å². The minimum absolute atomic E-state index is 0.111. The van der Waals surface area contributed by atoms with Gasteiger partial charge in [0.15, 0.2) is 0 Å². The molecule has 0 spiro atoms. The van der Waals surface area contributed by atoms with Crippen LogP contribution in [0.5, 0.6) is 0 Å². The Hall–Kier alpha value is -1.84. The first-order chi connectivity index (χ1) is 8.94. The molecule has 0 heterocycles. The van der Waals surface area contributed by atoms with E-state index in [1.165, 1.54) is 0 Å². The highest BCUT2D eigenvalue weighted by atomic mass is 16.4. The second kappa shape index (κ2) is 6.36. The Labute approximate surface area is 113 Å². The highest BCUT2D eigenvalue weighted by Crippen LogP contribution is 2.27. The Bertz CT molecular complexity index is 442. The largest absolute Gasteiger partial charge is 0.481 e. The summed E-state index contributed by atoms with van der Waals surface area (Å²) in [6.45, 7) is 5.50. The van der Waals surface area contributed by atoms with Gasteiger partial charge in [0.2, 0.25) is 5.91 Å². The fraction of sp³-hybridized carbons (Fsp3) is 0.467. The third kappa shape index (κ3) is 3.34. The summed E-state index contributed by atoms with van der Waals surface area (Å²) < 4.78 is 0. The van der Waals surface area contributed by atoms with E-state index in [9.17, 15) is 14.7 Å². The number of rotatable bonds is 6. The monoisotopic (exact) mass is 263 g/mol. The molecule has 1 atom stereocenters. The van der Waals surface area contributed by atoms with Gasteiger partial charge in [-0.1, -0.05) is 51.1 Å². The Balaban J connectivity index is 3.01. The number of nitrogens with one attached hydrogen (secondary N) is 1. The van der Waals surface area contributed by atoms with Crippen molar-refractivity contribution in [1.29, 1.82) is 0 Å². The van der Waals surface area contributed by atoms with Crippen molar-refractivity contribution in [1.82, 2.24) is 5.32 Å². The molecule has 0 fully saturated rings. The third-order valence-corrected chi connectivity index (χ3v) is 3.43. The van der Waals surface area contributed by atoms with Crippen LogP contribution in [0.2, 0.25) is 0 Å². The molecule has 19 heavy (non-hydrogen) atoms. The molecule has 0 aliphatic heterocycles. The lowest BCUT2D eigenvalue weighted by Gasteiger charge is -2.29. The molecular formula is C15H21NO3. The van der Waals surface area contributed by atoms with Crippen LogP contribution in [0.1, 0.15) is 32.8 Å². The first-order valence-electron chi connectivity index (χ1n) is 6.50. The van der Waals surface area contributed by atoms with E-state index in [1.54, 1.807) is 26.0 Å². The van der Waals surface area contributed by atoms with Crippen molar-refractivity contribution in [2.24, 2.45) is 5.92 Å². The highest BCUT2D eigenvalue weighted by Gasteiger charge is 2.39. The fourth-order valence-electron chi connectivity index (χ4n) is 1.98. The Morgan fingerprint density at radius 2 is 1.84 bits per heavy atom. The summed E-state index contributed by atoms with van der Waals surface area (Å²) in [5.74, 6) is -1.20. The van der Waals surface area contributed by atoms with Gasteiger partial charge < -0.3 is 10.4 Å². The highest BCUT2D eigenvalue weighted by molar-refractivity contribution is 5.84. The lowest BCUT2D eigenvalue weighted by atomic mass is 9.78. The first kappa shape index (κ1) is 15.2. The number of carbonyl (C=O) groups excluding carboxylic acids is 1. The lowest BCUT2D eigenvalue weighted by Crippen LogP contribution is -2.47. The molecule has 4 nitrogen and oxygen atoms in total. The molecule has 0 saturated carbocycles. The summed E-state index contributed by atoms with van der Waals surface area (Å²) in [6, 6.07) is 9.05. The zero-order valence-corrected chi connectivity index (χ0v) is 11.6. The maximum atomic E-state index is 11.7. The summed E-state index contributed by atoms with van der Waals surface area (Å²) in [5, 5.41) is 12.3. The minimum atomic E-state index is -1.06. The Morgan fingerprint density at radius 3 is 2.26 bits per heavy atom. The molecule has 1 rings (SSSR count). The van der Waals surface area contributed by atoms with E-state index < -0.39 is 11.4 Å². The zero-order valence-electron chi connectivity index (χ0n) is 11.6. The smallest absolute Gasteiger partial charge is 0.315 e. The lowest BCUT2D eigenvalue weighted by molar-refractivity contribution is -0.144. The van der Waals surface area contributed by atoms with Crippen LogP contribution in [0, 0.1) is 5.92 Å². The van der Waals surface area contributed by atoms with Crippen LogP contribution in [0.25, 0.3) is 0 Å². The number of carbonyl (C=O) groups is 2. The number of hydrogen-bond donors (Lipinski definition) is 2. The molecule has 0 radical (unpaired) electrons. The first-order valence-corrected chi connectivity index (χ1v) is 6.50. The van der Waals surface area contributed by atoms with Crippen molar-refractivity contribution in [3.05, 3.63) is 35.9 Å². The fourth-order valence-corrected chi connectivity index (χ4v) is 1.98. The Morgan fingerprint density at radius 1 is 1.26 bits per heavy atom. The van der Waals surface area contributed by atoms with Gasteiger partial charge in [0.1, 0.15) is 5.41 Å². The second-order valence-electron chi connectivity index (χ2n) is 4.98. The van der Waals surface area contributed by atoms with Crippen LogP contribution < -0.4 is 5.32 Å². The van der Waals surface area contributed by atoms with Crippen LogP contribution in [-0.2, 0) is 15.0 Å². The topological polar surface area (TPSA) is 66.4 Å². The molecule has 0 aliphatic carbocycles. The minimum Gasteiger partial charge on any atom is -0.481 e. The van der Waals surface area contributed by atoms with Crippen LogP contribution >= 0.6 is 0 Å². The van der Waals surface area contributed by atoms with Crippen molar-refractivity contribution >= 4 is 11.9 Å². The van der Waals surface area contributed by atoms with Crippen molar-refractivity contribution < 1.29 is 14.7 Å². The van der Waals surface area contributed by atoms with Crippen LogP contribution in [0.15, 0.2) is 30.3 Å². The summed E-state index contributed by atoms with van der Waals surface area (Å²) in [6.07, 6.45) is 0.421.